The third-order valence-corrected chi connectivity index (χ3v) is 3.22. The third kappa shape index (κ3) is 5.15. The van der Waals surface area contributed by atoms with E-state index < -0.39 is 0 Å². The smallest absolute Gasteiger partial charge is 0.240 e. The van der Waals surface area contributed by atoms with Gasteiger partial charge in [0.15, 0.2) is 0 Å². The summed E-state index contributed by atoms with van der Waals surface area (Å²) in [5.74, 6) is 0.779. The van der Waals surface area contributed by atoms with Crippen LogP contribution in [0.1, 0.15) is 11.1 Å². The molecule has 0 aliphatic heterocycles. The molecule has 0 aromatic heterocycles. The van der Waals surface area contributed by atoms with Crippen LogP contribution < -0.4 is 4.74 Å². The molecule has 6 nitrogen and oxygen atoms in total. The molecule has 124 valence electrons. The number of hydrogen-bond acceptors (Lipinski definition) is 6. The lowest BCUT2D eigenvalue weighted by molar-refractivity contribution is 0.415. The number of benzene rings is 2. The Hall–Kier alpha value is -3.72. The van der Waals surface area contributed by atoms with Gasteiger partial charge < -0.3 is 9.84 Å². The van der Waals surface area contributed by atoms with Crippen LogP contribution in [0.2, 0.25) is 0 Å². The van der Waals surface area contributed by atoms with Crippen molar-refractivity contribution >= 4 is 23.9 Å². The number of phenols is 1. The highest BCUT2D eigenvalue weighted by molar-refractivity contribution is 5.74. The van der Waals surface area contributed by atoms with Crippen molar-refractivity contribution in [2.24, 2.45) is 9.98 Å². The van der Waals surface area contributed by atoms with Gasteiger partial charge in [0.05, 0.1) is 18.5 Å². The normalized spacial score (nSPS) is 11.2. The van der Waals surface area contributed by atoms with Crippen LogP contribution in [0.3, 0.4) is 0 Å². The zero-order valence-corrected chi connectivity index (χ0v) is 13.3. The standard InChI is InChI=1S/C19H14N2O4/c1-25-18-8-4-15(5-9-18)19(21-13-23)11-16(20-12-22)10-14-2-6-17(24)7-3-14/h2-11,24H,1H3/b16-10+,19-11-. The molecule has 0 amide bonds. The predicted molar refractivity (Wildman–Crippen MR) is 93.3 cm³/mol. The molecular formula is C19H14N2O4. The van der Waals surface area contributed by atoms with Crippen LogP contribution in [-0.2, 0) is 9.59 Å². The van der Waals surface area contributed by atoms with Gasteiger partial charge in [0, 0.05) is 5.56 Å². The van der Waals surface area contributed by atoms with Gasteiger partial charge in [-0.25, -0.2) is 9.59 Å². The first-order valence-corrected chi connectivity index (χ1v) is 7.19. The van der Waals surface area contributed by atoms with Gasteiger partial charge in [0.25, 0.3) is 0 Å². The summed E-state index contributed by atoms with van der Waals surface area (Å²) in [5.41, 5.74) is 1.85. The second kappa shape index (κ2) is 8.79. The average molecular weight is 334 g/mol. The molecule has 6 heteroatoms. The van der Waals surface area contributed by atoms with E-state index in [9.17, 15) is 14.7 Å². The molecule has 25 heavy (non-hydrogen) atoms. The van der Waals surface area contributed by atoms with E-state index in [4.69, 9.17) is 4.74 Å². The number of ether oxygens (including phenoxy) is 1. The van der Waals surface area contributed by atoms with E-state index in [1.54, 1.807) is 49.6 Å². The van der Waals surface area contributed by atoms with Crippen LogP contribution >= 0.6 is 0 Å². The molecule has 0 heterocycles. The minimum atomic E-state index is 0.123. The molecule has 2 aromatic rings. The number of isocyanates is 2. The Bertz CT molecular complexity index is 884. The summed E-state index contributed by atoms with van der Waals surface area (Å²) in [4.78, 5) is 28.7. The summed E-state index contributed by atoms with van der Waals surface area (Å²) in [6.45, 7) is 0. The van der Waals surface area contributed by atoms with Crippen molar-refractivity contribution in [3.63, 3.8) is 0 Å². The maximum atomic E-state index is 10.7. The maximum absolute atomic E-state index is 10.7. The van der Waals surface area contributed by atoms with Crippen LogP contribution in [0.5, 0.6) is 11.5 Å². The molecule has 2 aromatic carbocycles. The topological polar surface area (TPSA) is 88.3 Å². The van der Waals surface area contributed by atoms with Gasteiger partial charge in [-0.2, -0.15) is 9.98 Å². The molecule has 0 aliphatic carbocycles. The predicted octanol–water partition coefficient (Wildman–Crippen LogP) is 3.45. The summed E-state index contributed by atoms with van der Waals surface area (Å²) < 4.78 is 5.09. The third-order valence-electron chi connectivity index (χ3n) is 3.22. The van der Waals surface area contributed by atoms with Gasteiger partial charge in [0.2, 0.25) is 12.2 Å². The minimum absolute atomic E-state index is 0.123. The maximum Gasteiger partial charge on any atom is 0.240 e. The summed E-state index contributed by atoms with van der Waals surface area (Å²) in [7, 11) is 1.55. The molecule has 0 bridgehead atoms. The summed E-state index contributed by atoms with van der Waals surface area (Å²) in [6, 6.07) is 13.2. The Labute approximate surface area is 144 Å². The van der Waals surface area contributed by atoms with Gasteiger partial charge in [-0.15, -0.1) is 0 Å². The van der Waals surface area contributed by atoms with E-state index in [0.717, 1.165) is 0 Å². The van der Waals surface area contributed by atoms with Gasteiger partial charge >= 0.3 is 0 Å². The number of carbonyl (C=O) groups excluding carboxylic acids is 2. The Morgan fingerprint density at radius 1 is 1.00 bits per heavy atom. The molecular weight excluding hydrogens is 320 g/mol. The Morgan fingerprint density at radius 3 is 2.20 bits per heavy atom. The second-order valence-corrected chi connectivity index (χ2v) is 4.82. The lowest BCUT2D eigenvalue weighted by Crippen LogP contribution is -1.86. The van der Waals surface area contributed by atoms with Crippen LogP contribution in [0.15, 0.2) is 70.3 Å². The summed E-state index contributed by atoms with van der Waals surface area (Å²) in [6.07, 6.45) is 6.01. The average Bonchev–Trinajstić information content (AvgIpc) is 2.63. The zero-order chi connectivity index (χ0) is 18.1. The molecule has 1 N–H and O–H groups in total. The number of hydrogen-bond donors (Lipinski definition) is 1. The Balaban J connectivity index is 2.47. The monoisotopic (exact) mass is 334 g/mol. The van der Waals surface area contributed by atoms with Crippen molar-refractivity contribution in [2.75, 3.05) is 7.11 Å². The van der Waals surface area contributed by atoms with E-state index in [2.05, 4.69) is 9.98 Å². The van der Waals surface area contributed by atoms with Crippen LogP contribution in [-0.4, -0.2) is 24.4 Å². The van der Waals surface area contributed by atoms with Gasteiger partial charge in [-0.1, -0.05) is 12.1 Å². The molecule has 0 saturated carbocycles. The number of aromatic hydroxyl groups is 1. The summed E-state index contributed by atoms with van der Waals surface area (Å²) in [5, 5.41) is 9.31. The van der Waals surface area contributed by atoms with Gasteiger partial charge in [-0.05, 0) is 54.1 Å². The molecule has 2 rings (SSSR count). The lowest BCUT2D eigenvalue weighted by atomic mass is 10.1. The highest BCUT2D eigenvalue weighted by Crippen LogP contribution is 2.22. The fraction of sp³-hybridized carbons (Fsp3) is 0.0526. The highest BCUT2D eigenvalue weighted by atomic mass is 16.5. The van der Waals surface area contributed by atoms with E-state index in [1.807, 2.05) is 0 Å². The fourth-order valence-corrected chi connectivity index (χ4v) is 2.03. The number of phenolic OH excluding ortho intramolecular Hbond substituents is 1. The molecule has 0 radical (unpaired) electrons. The van der Waals surface area contributed by atoms with Crippen LogP contribution in [0.4, 0.5) is 0 Å². The van der Waals surface area contributed by atoms with Crippen LogP contribution in [0.25, 0.3) is 11.8 Å². The number of nitrogens with zero attached hydrogens (tertiary/aromatic N) is 2. The molecule has 0 aliphatic rings. The number of allylic oxidation sites excluding steroid dienone is 1. The van der Waals surface area contributed by atoms with Crippen molar-refractivity contribution in [3.05, 3.63) is 71.4 Å². The largest absolute Gasteiger partial charge is 0.508 e. The van der Waals surface area contributed by atoms with Gasteiger partial charge in [0.1, 0.15) is 11.5 Å². The molecule has 0 fully saturated rings. The molecule has 0 atom stereocenters. The zero-order valence-electron chi connectivity index (χ0n) is 13.3. The van der Waals surface area contributed by atoms with Gasteiger partial charge in [-0.3, -0.25) is 0 Å². The first kappa shape index (κ1) is 17.6. The molecule has 0 unspecified atom stereocenters. The first-order valence-electron chi connectivity index (χ1n) is 7.19. The van der Waals surface area contributed by atoms with Crippen molar-refractivity contribution in [1.29, 1.82) is 0 Å². The van der Waals surface area contributed by atoms with Crippen molar-refractivity contribution in [2.45, 2.75) is 0 Å². The summed E-state index contributed by atoms with van der Waals surface area (Å²) >= 11 is 0. The Kier molecular flexibility index (Phi) is 6.20. The first-order chi connectivity index (χ1) is 12.2. The van der Waals surface area contributed by atoms with Crippen LogP contribution in [0, 0.1) is 0 Å². The quantitative estimate of drug-likeness (QED) is 0.498. The minimum Gasteiger partial charge on any atom is -0.508 e. The van der Waals surface area contributed by atoms with E-state index in [1.165, 1.54) is 30.4 Å². The van der Waals surface area contributed by atoms with E-state index >= 15 is 0 Å². The van der Waals surface area contributed by atoms with Crippen molar-refractivity contribution in [3.8, 4) is 11.5 Å². The SMILES string of the molecule is COc1ccc(/C(=C/C(=C\c2ccc(O)cc2)N=C=O)N=C=O)cc1. The number of aliphatic imine (C=N–C) groups is 2. The van der Waals surface area contributed by atoms with Crippen molar-refractivity contribution in [1.82, 2.24) is 0 Å². The van der Waals surface area contributed by atoms with Crippen molar-refractivity contribution < 1.29 is 19.4 Å². The van der Waals surface area contributed by atoms with E-state index in [-0.39, 0.29) is 17.1 Å². The lowest BCUT2D eigenvalue weighted by Gasteiger charge is -2.03. The van der Waals surface area contributed by atoms with E-state index in [0.29, 0.717) is 16.9 Å². The molecule has 0 saturated heterocycles. The number of methoxy groups -OCH3 is 1. The highest BCUT2D eigenvalue weighted by Gasteiger charge is 2.03. The molecule has 0 spiro atoms. The fourth-order valence-electron chi connectivity index (χ4n) is 2.03. The number of rotatable bonds is 6. The Morgan fingerprint density at radius 2 is 1.64 bits per heavy atom. The second-order valence-electron chi connectivity index (χ2n) is 4.82.